The molecular formula is C13H20FN3O5. The molecule has 22 heavy (non-hydrogen) atoms. The van der Waals surface area contributed by atoms with Gasteiger partial charge in [0.2, 0.25) is 0 Å². The number of rotatable bonds is 5. The maximum atomic E-state index is 14.7. The molecule has 1 aliphatic rings. The van der Waals surface area contributed by atoms with Crippen molar-refractivity contribution in [3.05, 3.63) is 32.6 Å². The smallest absolute Gasteiger partial charge is 0.325 e. The Bertz CT molecular complexity index is 616. The van der Waals surface area contributed by atoms with E-state index in [0.29, 0.717) is 0 Å². The monoisotopic (exact) mass is 317 g/mol. The number of alkyl halides is 1. The SMILES string of the molecule is CC(C)CN(O)[C@H]1[C@H](F)[C@H](c2c[nH]c(=O)[nH]c2=O)O[C@@H]1CO. The van der Waals surface area contributed by atoms with E-state index in [9.17, 15) is 24.3 Å². The Hall–Kier alpha value is -1.55. The summed E-state index contributed by atoms with van der Waals surface area (Å²) in [6.07, 6.45) is -2.90. The van der Waals surface area contributed by atoms with Gasteiger partial charge < -0.3 is 20.0 Å². The van der Waals surface area contributed by atoms with Gasteiger partial charge >= 0.3 is 5.69 Å². The summed E-state index contributed by atoms with van der Waals surface area (Å²) in [6.45, 7) is 3.40. The van der Waals surface area contributed by atoms with E-state index in [0.717, 1.165) is 11.3 Å². The predicted molar refractivity (Wildman–Crippen MR) is 74.4 cm³/mol. The third-order valence-corrected chi connectivity index (χ3v) is 3.55. The summed E-state index contributed by atoms with van der Waals surface area (Å²) >= 11 is 0. The molecule has 0 radical (unpaired) electrons. The number of nitrogens with zero attached hydrogens (tertiary/aromatic N) is 1. The average Bonchev–Trinajstić information content (AvgIpc) is 2.75. The molecule has 8 nitrogen and oxygen atoms in total. The molecule has 9 heteroatoms. The van der Waals surface area contributed by atoms with Crippen molar-refractivity contribution in [3.8, 4) is 0 Å². The summed E-state index contributed by atoms with van der Waals surface area (Å²) in [5.74, 6) is 0.0760. The Morgan fingerprint density at radius 1 is 1.45 bits per heavy atom. The van der Waals surface area contributed by atoms with Gasteiger partial charge in [0, 0.05) is 12.7 Å². The third-order valence-electron chi connectivity index (χ3n) is 3.55. The van der Waals surface area contributed by atoms with E-state index in [2.05, 4.69) is 4.98 Å². The highest BCUT2D eigenvalue weighted by molar-refractivity contribution is 5.14. The number of aliphatic hydroxyl groups is 1. The molecule has 1 saturated heterocycles. The summed E-state index contributed by atoms with van der Waals surface area (Å²) in [5, 5.41) is 20.2. The Morgan fingerprint density at radius 3 is 2.68 bits per heavy atom. The zero-order chi connectivity index (χ0) is 16.4. The van der Waals surface area contributed by atoms with Gasteiger partial charge in [-0.2, -0.15) is 5.06 Å². The first-order chi connectivity index (χ1) is 10.3. The summed E-state index contributed by atoms with van der Waals surface area (Å²) < 4.78 is 20.1. The van der Waals surface area contributed by atoms with E-state index in [1.807, 2.05) is 18.8 Å². The predicted octanol–water partition coefficient (Wildman–Crippen LogP) is -0.451. The van der Waals surface area contributed by atoms with Gasteiger partial charge in [-0.1, -0.05) is 13.8 Å². The van der Waals surface area contributed by atoms with Crippen molar-refractivity contribution in [1.29, 1.82) is 0 Å². The van der Waals surface area contributed by atoms with Crippen LogP contribution in [0.15, 0.2) is 15.8 Å². The fraction of sp³-hybridized carbons (Fsp3) is 0.692. The molecule has 4 atom stereocenters. The molecule has 0 spiro atoms. The number of H-pyrrole nitrogens is 2. The molecule has 0 aromatic carbocycles. The van der Waals surface area contributed by atoms with Crippen LogP contribution in [0.1, 0.15) is 25.5 Å². The first kappa shape index (κ1) is 16.8. The fourth-order valence-corrected chi connectivity index (χ4v) is 2.61. The first-order valence-electron chi connectivity index (χ1n) is 7.03. The lowest BCUT2D eigenvalue weighted by molar-refractivity contribution is -0.160. The highest BCUT2D eigenvalue weighted by Crippen LogP contribution is 2.36. The van der Waals surface area contributed by atoms with Crippen molar-refractivity contribution in [2.24, 2.45) is 5.92 Å². The second-order valence-corrected chi connectivity index (χ2v) is 5.76. The normalized spacial score (nSPS) is 28.7. The highest BCUT2D eigenvalue weighted by Gasteiger charge is 2.49. The van der Waals surface area contributed by atoms with Crippen molar-refractivity contribution in [2.75, 3.05) is 13.2 Å². The minimum Gasteiger partial charge on any atom is -0.394 e. The number of halogens is 1. The third kappa shape index (κ3) is 3.27. The van der Waals surface area contributed by atoms with Gasteiger partial charge in [-0.25, -0.2) is 9.18 Å². The lowest BCUT2D eigenvalue weighted by Gasteiger charge is -2.27. The molecular weight excluding hydrogens is 297 g/mol. The van der Waals surface area contributed by atoms with E-state index in [4.69, 9.17) is 4.74 Å². The number of aromatic nitrogens is 2. The van der Waals surface area contributed by atoms with E-state index in [1.54, 1.807) is 0 Å². The minimum atomic E-state index is -1.73. The Labute approximate surface area is 125 Å². The number of ether oxygens (including phenoxy) is 1. The molecule has 0 amide bonds. The Morgan fingerprint density at radius 2 is 2.14 bits per heavy atom. The second-order valence-electron chi connectivity index (χ2n) is 5.76. The molecule has 1 fully saturated rings. The van der Waals surface area contributed by atoms with Crippen LogP contribution in [-0.4, -0.2) is 56.8 Å². The van der Waals surface area contributed by atoms with E-state index < -0.39 is 42.3 Å². The molecule has 1 aromatic heterocycles. The van der Waals surface area contributed by atoms with Gasteiger partial charge in [0.15, 0.2) is 6.17 Å². The zero-order valence-electron chi connectivity index (χ0n) is 12.3. The van der Waals surface area contributed by atoms with Crippen LogP contribution in [0.2, 0.25) is 0 Å². The summed E-state index contributed by atoms with van der Waals surface area (Å²) in [6, 6.07) is -1.09. The van der Waals surface area contributed by atoms with Gasteiger partial charge in [-0.3, -0.25) is 9.78 Å². The van der Waals surface area contributed by atoms with Gasteiger partial charge in [0.1, 0.15) is 12.2 Å². The maximum absolute atomic E-state index is 14.7. The van der Waals surface area contributed by atoms with Crippen molar-refractivity contribution in [2.45, 2.75) is 38.3 Å². The molecule has 0 bridgehead atoms. The molecule has 2 heterocycles. The Kier molecular flexibility index (Phi) is 5.12. The van der Waals surface area contributed by atoms with E-state index >= 15 is 0 Å². The average molecular weight is 317 g/mol. The fourth-order valence-electron chi connectivity index (χ4n) is 2.61. The number of hydroxylamine groups is 2. The largest absolute Gasteiger partial charge is 0.394 e. The van der Waals surface area contributed by atoms with Gasteiger partial charge in [0.05, 0.1) is 18.2 Å². The molecule has 0 saturated carbocycles. The zero-order valence-corrected chi connectivity index (χ0v) is 12.3. The quantitative estimate of drug-likeness (QED) is 0.546. The van der Waals surface area contributed by atoms with Gasteiger partial charge in [-0.05, 0) is 5.92 Å². The van der Waals surface area contributed by atoms with Crippen LogP contribution in [0.3, 0.4) is 0 Å². The van der Waals surface area contributed by atoms with Crippen LogP contribution < -0.4 is 11.2 Å². The van der Waals surface area contributed by atoms with Crippen molar-refractivity contribution in [1.82, 2.24) is 15.0 Å². The number of aromatic amines is 2. The topological polar surface area (TPSA) is 119 Å². The summed E-state index contributed by atoms with van der Waals surface area (Å²) in [4.78, 5) is 27.0. The lowest BCUT2D eigenvalue weighted by Crippen LogP contribution is -2.46. The highest BCUT2D eigenvalue weighted by atomic mass is 19.1. The van der Waals surface area contributed by atoms with Crippen LogP contribution in [0.5, 0.6) is 0 Å². The molecule has 2 rings (SSSR count). The number of nitrogens with one attached hydrogen (secondary N) is 2. The first-order valence-corrected chi connectivity index (χ1v) is 7.03. The van der Waals surface area contributed by atoms with Crippen LogP contribution in [0.4, 0.5) is 4.39 Å². The number of aliphatic hydroxyl groups excluding tert-OH is 1. The van der Waals surface area contributed by atoms with Crippen molar-refractivity contribution >= 4 is 0 Å². The van der Waals surface area contributed by atoms with Gasteiger partial charge in [-0.15, -0.1) is 0 Å². The second kappa shape index (κ2) is 6.69. The van der Waals surface area contributed by atoms with Crippen LogP contribution in [0, 0.1) is 5.92 Å². The summed E-state index contributed by atoms with van der Waals surface area (Å²) in [5.41, 5.74) is -1.56. The molecule has 1 aliphatic heterocycles. The molecule has 1 aromatic rings. The number of hydrogen-bond acceptors (Lipinski definition) is 6. The number of hydrogen-bond donors (Lipinski definition) is 4. The molecule has 4 N–H and O–H groups in total. The molecule has 124 valence electrons. The van der Waals surface area contributed by atoms with Gasteiger partial charge in [0.25, 0.3) is 5.56 Å². The summed E-state index contributed by atoms with van der Waals surface area (Å²) in [7, 11) is 0. The molecule has 0 unspecified atom stereocenters. The van der Waals surface area contributed by atoms with Crippen molar-refractivity contribution in [3.63, 3.8) is 0 Å². The maximum Gasteiger partial charge on any atom is 0.325 e. The van der Waals surface area contributed by atoms with Crippen LogP contribution in [-0.2, 0) is 4.74 Å². The lowest BCUT2D eigenvalue weighted by atomic mass is 10.0. The Balaban J connectivity index is 2.29. The van der Waals surface area contributed by atoms with Crippen LogP contribution >= 0.6 is 0 Å². The van der Waals surface area contributed by atoms with Crippen molar-refractivity contribution < 1.29 is 19.4 Å². The standard InChI is InChI=1S/C13H20FN3O5/c1-6(2)4-17(21)10-8(5-18)22-11(9(10)14)7-3-15-13(20)16-12(7)19/h3,6,8-11,18,21H,4-5H2,1-2H3,(H2,15,16,19,20)/t8-,9+,10-,11+/m1/s1. The van der Waals surface area contributed by atoms with E-state index in [1.165, 1.54) is 0 Å². The molecule has 0 aliphatic carbocycles. The van der Waals surface area contributed by atoms with Crippen LogP contribution in [0.25, 0.3) is 0 Å². The minimum absolute atomic E-state index is 0.0760. The van der Waals surface area contributed by atoms with E-state index in [-0.39, 0.29) is 18.0 Å².